The van der Waals surface area contributed by atoms with Crippen molar-refractivity contribution >= 4 is 28.2 Å². The number of aromatic amines is 1. The molecule has 1 amide bonds. The maximum atomic E-state index is 13.6. The SMILES string of the molecule is N=N/C(=C\Nc1ccc(C(=O)N2CCC(N3CCCC3)C2)cc1)c1cc2cc(F)c(F)cc2[nH]c1=O. The zero-order chi connectivity index (χ0) is 25.2. The van der Waals surface area contributed by atoms with E-state index < -0.39 is 17.2 Å². The van der Waals surface area contributed by atoms with Gasteiger partial charge in [-0.05, 0) is 68.8 Å². The predicted molar refractivity (Wildman–Crippen MR) is 133 cm³/mol. The van der Waals surface area contributed by atoms with E-state index in [-0.39, 0.29) is 28.1 Å². The topological polar surface area (TPSA) is 105 Å². The molecule has 2 saturated heterocycles. The fourth-order valence-corrected chi connectivity index (χ4v) is 4.94. The van der Waals surface area contributed by atoms with Crippen molar-refractivity contribution in [2.45, 2.75) is 25.3 Å². The van der Waals surface area contributed by atoms with Gasteiger partial charge in [-0.25, -0.2) is 14.3 Å². The number of nitrogens with one attached hydrogen (secondary N) is 3. The summed E-state index contributed by atoms with van der Waals surface area (Å²) in [6.45, 7) is 3.75. The number of pyridine rings is 1. The number of fused-ring (bicyclic) bond motifs is 1. The third kappa shape index (κ3) is 4.76. The first-order valence-corrected chi connectivity index (χ1v) is 11.9. The van der Waals surface area contributed by atoms with Crippen LogP contribution >= 0.6 is 0 Å². The molecule has 1 atom stereocenters. The van der Waals surface area contributed by atoms with E-state index in [4.69, 9.17) is 5.53 Å². The molecule has 2 aliphatic heterocycles. The summed E-state index contributed by atoms with van der Waals surface area (Å²) in [5.41, 5.74) is 8.31. The zero-order valence-electron chi connectivity index (χ0n) is 19.6. The number of amides is 1. The Balaban J connectivity index is 1.28. The van der Waals surface area contributed by atoms with Gasteiger partial charge in [0.25, 0.3) is 11.5 Å². The molecule has 1 unspecified atom stereocenters. The van der Waals surface area contributed by atoms with Gasteiger partial charge in [0, 0.05) is 48.0 Å². The van der Waals surface area contributed by atoms with Crippen molar-refractivity contribution in [2.75, 3.05) is 31.5 Å². The molecule has 8 nitrogen and oxygen atoms in total. The number of carbonyl (C=O) groups excluding carboxylic acids is 1. The number of likely N-dealkylation sites (tertiary alicyclic amines) is 2. The monoisotopic (exact) mass is 492 g/mol. The van der Waals surface area contributed by atoms with E-state index >= 15 is 0 Å². The lowest BCUT2D eigenvalue weighted by Crippen LogP contribution is -2.37. The van der Waals surface area contributed by atoms with Gasteiger partial charge in [0.2, 0.25) is 0 Å². The Morgan fingerprint density at radius 1 is 1.08 bits per heavy atom. The molecule has 3 aromatic rings. The van der Waals surface area contributed by atoms with E-state index in [1.54, 1.807) is 24.3 Å². The van der Waals surface area contributed by atoms with Crippen LogP contribution in [0.1, 0.15) is 35.2 Å². The molecular weight excluding hydrogens is 466 g/mol. The molecule has 0 bridgehead atoms. The van der Waals surface area contributed by atoms with E-state index in [0.717, 1.165) is 44.7 Å². The molecule has 5 rings (SSSR count). The van der Waals surface area contributed by atoms with E-state index in [2.05, 4.69) is 20.3 Å². The second-order valence-corrected chi connectivity index (χ2v) is 9.17. The quantitative estimate of drug-likeness (QED) is 0.439. The third-order valence-electron chi connectivity index (χ3n) is 6.90. The van der Waals surface area contributed by atoms with Crippen LogP contribution in [0.25, 0.3) is 16.6 Å². The van der Waals surface area contributed by atoms with Crippen molar-refractivity contribution in [3.8, 4) is 0 Å². The number of halogens is 2. The number of carbonyl (C=O) groups is 1. The lowest BCUT2D eigenvalue weighted by atomic mass is 10.1. The van der Waals surface area contributed by atoms with Crippen LogP contribution in [0.5, 0.6) is 0 Å². The number of nitrogens with zero attached hydrogens (tertiary/aromatic N) is 3. The summed E-state index contributed by atoms with van der Waals surface area (Å²) < 4.78 is 27.1. The summed E-state index contributed by atoms with van der Waals surface area (Å²) in [5, 5.41) is 6.66. The number of rotatable bonds is 6. The average Bonchev–Trinajstić information content (AvgIpc) is 3.58. The maximum absolute atomic E-state index is 13.6. The Hall–Kier alpha value is -3.92. The lowest BCUT2D eigenvalue weighted by Gasteiger charge is -2.23. The van der Waals surface area contributed by atoms with Crippen LogP contribution in [0, 0.1) is 17.2 Å². The number of aromatic nitrogens is 1. The number of hydrogen-bond donors (Lipinski definition) is 3. The summed E-state index contributed by atoms with van der Waals surface area (Å²) in [6, 6.07) is 10.6. The van der Waals surface area contributed by atoms with Gasteiger partial charge in [-0.1, -0.05) is 0 Å². The molecule has 0 spiro atoms. The van der Waals surface area contributed by atoms with Crippen LogP contribution in [0.4, 0.5) is 14.5 Å². The number of benzene rings is 2. The highest BCUT2D eigenvalue weighted by Gasteiger charge is 2.31. The Morgan fingerprint density at radius 2 is 1.81 bits per heavy atom. The van der Waals surface area contributed by atoms with Crippen molar-refractivity contribution < 1.29 is 13.6 Å². The van der Waals surface area contributed by atoms with E-state index in [1.165, 1.54) is 25.1 Å². The minimum atomic E-state index is -1.06. The highest BCUT2D eigenvalue weighted by atomic mass is 19.2. The second-order valence-electron chi connectivity index (χ2n) is 9.17. The van der Waals surface area contributed by atoms with Gasteiger partial charge in [-0.2, -0.15) is 5.11 Å². The number of H-pyrrole nitrogens is 1. The van der Waals surface area contributed by atoms with Gasteiger partial charge < -0.3 is 15.2 Å². The molecule has 36 heavy (non-hydrogen) atoms. The maximum Gasteiger partial charge on any atom is 0.258 e. The van der Waals surface area contributed by atoms with Gasteiger partial charge in [0.15, 0.2) is 11.6 Å². The van der Waals surface area contributed by atoms with E-state index in [0.29, 0.717) is 17.3 Å². The smallest absolute Gasteiger partial charge is 0.258 e. The van der Waals surface area contributed by atoms with Crippen LogP contribution in [-0.4, -0.2) is 52.9 Å². The molecule has 186 valence electrons. The van der Waals surface area contributed by atoms with Gasteiger partial charge in [0.05, 0.1) is 11.1 Å². The molecule has 3 N–H and O–H groups in total. The van der Waals surface area contributed by atoms with Crippen molar-refractivity contribution in [3.05, 3.63) is 81.8 Å². The van der Waals surface area contributed by atoms with Crippen LogP contribution in [0.15, 0.2) is 58.6 Å². The van der Waals surface area contributed by atoms with Crippen LogP contribution in [-0.2, 0) is 0 Å². The minimum absolute atomic E-state index is 0.00648. The first-order valence-electron chi connectivity index (χ1n) is 11.9. The molecule has 1 aromatic heterocycles. The second kappa shape index (κ2) is 9.98. The summed E-state index contributed by atoms with van der Waals surface area (Å²) in [5.74, 6) is -2.10. The molecule has 2 fully saturated rings. The fourth-order valence-electron chi connectivity index (χ4n) is 4.94. The lowest BCUT2D eigenvalue weighted by molar-refractivity contribution is 0.0780. The summed E-state index contributed by atoms with van der Waals surface area (Å²) >= 11 is 0. The van der Waals surface area contributed by atoms with Crippen LogP contribution in [0.3, 0.4) is 0 Å². The Bertz CT molecular complexity index is 1400. The normalized spacial score (nSPS) is 18.7. The highest BCUT2D eigenvalue weighted by molar-refractivity contribution is 5.94. The van der Waals surface area contributed by atoms with Gasteiger partial charge in [0.1, 0.15) is 5.70 Å². The predicted octanol–water partition coefficient (Wildman–Crippen LogP) is 4.56. The number of hydrogen-bond acceptors (Lipinski definition) is 6. The molecule has 3 heterocycles. The molecular formula is C26H26F2N6O2. The van der Waals surface area contributed by atoms with Crippen LogP contribution in [0.2, 0.25) is 0 Å². The van der Waals surface area contributed by atoms with Crippen molar-refractivity contribution in [3.63, 3.8) is 0 Å². The summed E-state index contributed by atoms with van der Waals surface area (Å²) in [6.07, 6.45) is 4.85. The first-order chi connectivity index (χ1) is 17.4. The molecule has 2 aliphatic rings. The molecule has 0 saturated carbocycles. The van der Waals surface area contributed by atoms with Gasteiger partial charge >= 0.3 is 0 Å². The number of anilines is 1. The average molecular weight is 493 g/mol. The Morgan fingerprint density at radius 3 is 2.53 bits per heavy atom. The molecule has 0 radical (unpaired) electrons. The zero-order valence-corrected chi connectivity index (χ0v) is 19.6. The fraction of sp³-hybridized carbons (Fsp3) is 0.308. The van der Waals surface area contributed by atoms with Crippen molar-refractivity contribution in [1.29, 1.82) is 5.53 Å². The minimum Gasteiger partial charge on any atom is -0.360 e. The Kier molecular flexibility index (Phi) is 6.60. The molecule has 10 heteroatoms. The van der Waals surface area contributed by atoms with Gasteiger partial charge in [-0.3, -0.25) is 14.5 Å². The van der Waals surface area contributed by atoms with Crippen molar-refractivity contribution in [1.82, 2.24) is 14.8 Å². The van der Waals surface area contributed by atoms with E-state index in [9.17, 15) is 18.4 Å². The standard InChI is InChI=1S/C26H26F2N6O2/c27-21-12-17-11-20(25(35)31-23(17)13-22(21)28)24(32-29)14-30-18-5-3-16(4-6-18)26(36)34-10-7-19(15-34)33-8-1-2-9-33/h3-6,11-14,19,29-30H,1-2,7-10,15H2,(H,31,35)/b24-14-,32-29?. The third-order valence-corrected chi connectivity index (χ3v) is 6.90. The molecule has 0 aliphatic carbocycles. The first kappa shape index (κ1) is 23.8. The summed E-state index contributed by atoms with van der Waals surface area (Å²) in [7, 11) is 0. The van der Waals surface area contributed by atoms with Crippen molar-refractivity contribution in [2.24, 2.45) is 5.11 Å². The Labute approximate surface area is 206 Å². The van der Waals surface area contributed by atoms with E-state index in [1.807, 2.05) is 4.90 Å². The highest BCUT2D eigenvalue weighted by Crippen LogP contribution is 2.23. The summed E-state index contributed by atoms with van der Waals surface area (Å²) in [4.78, 5) is 32.3. The van der Waals surface area contributed by atoms with Gasteiger partial charge in [-0.15, -0.1) is 0 Å². The molecule has 2 aromatic carbocycles. The largest absolute Gasteiger partial charge is 0.360 e. The van der Waals surface area contributed by atoms with Crippen LogP contribution < -0.4 is 10.9 Å².